The van der Waals surface area contributed by atoms with Gasteiger partial charge in [0.2, 0.25) is 5.82 Å². The highest BCUT2D eigenvalue weighted by molar-refractivity contribution is 7.90. The van der Waals surface area contributed by atoms with Crippen LogP contribution in [-0.2, 0) is 10.0 Å². The molecule has 0 radical (unpaired) electrons. The van der Waals surface area contributed by atoms with Crippen molar-refractivity contribution in [3.63, 3.8) is 0 Å². The molecule has 2 aliphatic heterocycles. The number of pyridine rings is 2. The molecule has 2 saturated carbocycles. The number of aromatic nitrogens is 3. The van der Waals surface area contributed by atoms with E-state index in [1.807, 2.05) is 6.07 Å². The molecule has 350 valence electrons. The summed E-state index contributed by atoms with van der Waals surface area (Å²) >= 11 is 0. The Kier molecular flexibility index (Phi) is 12.5. The fourth-order valence-corrected chi connectivity index (χ4v) is 11.8. The first-order valence-electron chi connectivity index (χ1n) is 23.2. The fraction of sp³-hybridized carbons (Fsp3) is 0.490. The number of rotatable bonds is 14. The second kappa shape index (κ2) is 18.1. The lowest BCUT2D eigenvalue weighted by Gasteiger charge is -2.57. The summed E-state index contributed by atoms with van der Waals surface area (Å²) in [6.45, 7) is 10.5. The molecule has 5 aromatic rings. The number of piperidine rings is 1. The van der Waals surface area contributed by atoms with Crippen molar-refractivity contribution in [3.05, 3.63) is 99.9 Å². The first kappa shape index (κ1) is 45.4. The molecule has 66 heavy (non-hydrogen) atoms. The van der Waals surface area contributed by atoms with E-state index in [1.165, 1.54) is 43.6 Å². The molecule has 4 fully saturated rings. The Bertz CT molecular complexity index is 2710. The van der Waals surface area contributed by atoms with Gasteiger partial charge < -0.3 is 29.8 Å². The molecular weight excluding hydrogens is 861 g/mol. The number of aliphatic hydroxyl groups is 1. The number of ether oxygens (including phenoxy) is 2. The molecule has 0 bridgehead atoms. The van der Waals surface area contributed by atoms with Gasteiger partial charge in [-0.2, -0.15) is 4.98 Å². The number of hydrogen-bond donors (Lipinski definition) is 4. The second-order valence-electron chi connectivity index (χ2n) is 19.5. The average Bonchev–Trinajstić information content (AvgIpc) is 3.97. The number of carbonyl (C=O) groups is 1. The number of H-pyrrole nitrogens is 1. The molecule has 5 heterocycles. The number of anilines is 2. The minimum absolute atomic E-state index is 0.0760. The Morgan fingerprint density at radius 3 is 2.50 bits per heavy atom. The highest BCUT2D eigenvalue weighted by atomic mass is 32.2. The number of benzene rings is 2. The zero-order valence-corrected chi connectivity index (χ0v) is 38.9. The summed E-state index contributed by atoms with van der Waals surface area (Å²) in [5.74, 6) is 0.576. The molecule has 17 heteroatoms. The van der Waals surface area contributed by atoms with Gasteiger partial charge in [-0.25, -0.2) is 18.1 Å². The van der Waals surface area contributed by atoms with Crippen molar-refractivity contribution in [1.82, 2.24) is 24.6 Å². The number of nitrogens with zero attached hydrogens (tertiary/aromatic N) is 5. The van der Waals surface area contributed by atoms with Crippen molar-refractivity contribution in [1.29, 1.82) is 0 Å². The predicted octanol–water partition coefficient (Wildman–Crippen LogP) is 8.50. The minimum atomic E-state index is -4.66. The number of carbonyl (C=O) groups excluding carboxylic acids is 1. The SMILES string of the molecule is COc1nc2[nH]ccc2cc1Oc1cc(N2CCC3(CC2)CN([C@@H]2CCC[C@@H]2c2ccccc2C(C)C)C3)ccc1C(=O)NS(=O)(=O)c1cnc(NC[C@H]2CC[C@](C)(O)CC2)c([N+](=O)[O-])c1. The topological polar surface area (TPSA) is 205 Å². The van der Waals surface area contributed by atoms with Gasteiger partial charge in [0.1, 0.15) is 16.3 Å². The summed E-state index contributed by atoms with van der Waals surface area (Å²) < 4.78 is 41.7. The van der Waals surface area contributed by atoms with Crippen molar-refractivity contribution in [3.8, 4) is 17.4 Å². The van der Waals surface area contributed by atoms with Crippen LogP contribution in [0.25, 0.3) is 11.0 Å². The van der Waals surface area contributed by atoms with Crippen LogP contribution in [0.1, 0.15) is 112 Å². The van der Waals surface area contributed by atoms with Crippen LogP contribution in [0.4, 0.5) is 17.2 Å². The molecule has 2 saturated heterocycles. The van der Waals surface area contributed by atoms with Crippen LogP contribution in [0, 0.1) is 21.4 Å². The van der Waals surface area contributed by atoms with Gasteiger partial charge in [0.05, 0.1) is 29.4 Å². The van der Waals surface area contributed by atoms with Crippen LogP contribution in [-0.4, -0.2) is 95.7 Å². The molecule has 16 nitrogen and oxygen atoms in total. The van der Waals surface area contributed by atoms with Crippen LogP contribution in [0.3, 0.4) is 0 Å². The van der Waals surface area contributed by atoms with E-state index in [0.717, 1.165) is 75.2 Å². The highest BCUT2D eigenvalue weighted by Crippen LogP contribution is 2.49. The first-order chi connectivity index (χ1) is 31.6. The first-order valence-corrected chi connectivity index (χ1v) is 24.7. The summed E-state index contributed by atoms with van der Waals surface area (Å²) in [5, 5.41) is 26.2. The molecule has 2 aliphatic carbocycles. The van der Waals surface area contributed by atoms with Crippen LogP contribution in [0.2, 0.25) is 0 Å². The largest absolute Gasteiger partial charge is 0.478 e. The monoisotopic (exact) mass is 920 g/mol. The zero-order chi connectivity index (χ0) is 46.4. The van der Waals surface area contributed by atoms with E-state index in [0.29, 0.717) is 42.9 Å². The van der Waals surface area contributed by atoms with Gasteiger partial charge in [-0.3, -0.25) is 19.8 Å². The van der Waals surface area contributed by atoms with E-state index in [9.17, 15) is 28.4 Å². The zero-order valence-electron chi connectivity index (χ0n) is 38.1. The van der Waals surface area contributed by atoms with Crippen LogP contribution < -0.4 is 24.4 Å². The molecular formula is C49H60N8O8S. The van der Waals surface area contributed by atoms with Crippen molar-refractivity contribution < 1.29 is 32.7 Å². The standard InChI is InChI=1S/C49H60N8O8S/c1-31(2)36-8-5-6-9-37(36)38-10-7-11-40(38)56-29-49(30-56)19-22-55(23-20-49)34-12-13-39(42(25-34)65-43-24-33-16-21-50-44(33)53-47(43)64-4)46(58)54-66(62,63)35-26-41(57(60)61)45(52-28-35)51-27-32-14-17-48(3,59)18-15-32/h5-6,8-9,12-13,16,21,24-26,28,31-32,38,40,59H,7,10-11,14-15,17-20,22-23,27,29-30H2,1-4H3,(H,50,53)(H,51,52)(H,54,58)/t32-,38-,40-,48-/m1/s1. The summed E-state index contributed by atoms with van der Waals surface area (Å²) in [5.41, 5.74) is 3.26. The van der Waals surface area contributed by atoms with Gasteiger partial charge in [0, 0.05) is 68.2 Å². The van der Waals surface area contributed by atoms with Crippen LogP contribution in [0.5, 0.6) is 17.4 Å². The fourth-order valence-electron chi connectivity index (χ4n) is 10.8. The van der Waals surface area contributed by atoms with E-state index in [2.05, 4.69) is 72.9 Å². The van der Waals surface area contributed by atoms with E-state index >= 15 is 0 Å². The number of sulfonamides is 1. The molecule has 2 aromatic carbocycles. The maximum Gasteiger partial charge on any atom is 0.312 e. The smallest absolute Gasteiger partial charge is 0.312 e. The Labute approximate surface area is 385 Å². The van der Waals surface area contributed by atoms with Gasteiger partial charge in [0.15, 0.2) is 5.75 Å². The van der Waals surface area contributed by atoms with Crippen molar-refractivity contribution in [2.75, 3.05) is 50.1 Å². The number of likely N-dealkylation sites (tertiary alicyclic amines) is 1. The number of amides is 1. The number of hydrogen-bond acceptors (Lipinski definition) is 13. The lowest BCUT2D eigenvalue weighted by Crippen LogP contribution is -2.63. The maximum atomic E-state index is 14.1. The summed E-state index contributed by atoms with van der Waals surface area (Å²) in [6, 6.07) is 19.1. The number of nitro groups is 1. The van der Waals surface area contributed by atoms with E-state index in [1.54, 1.807) is 31.3 Å². The molecule has 3 aromatic heterocycles. The Balaban J connectivity index is 0.918. The van der Waals surface area contributed by atoms with Crippen LogP contribution >= 0.6 is 0 Å². The quantitative estimate of drug-likeness (QED) is 0.0610. The highest BCUT2D eigenvalue weighted by Gasteiger charge is 2.49. The maximum absolute atomic E-state index is 14.1. The molecule has 9 rings (SSSR count). The van der Waals surface area contributed by atoms with Gasteiger partial charge in [-0.1, -0.05) is 44.5 Å². The van der Waals surface area contributed by atoms with E-state index in [4.69, 9.17) is 9.47 Å². The molecule has 2 atom stereocenters. The normalized spacial score (nSPS) is 23.2. The lowest BCUT2D eigenvalue weighted by molar-refractivity contribution is -0.384. The van der Waals surface area contributed by atoms with Gasteiger partial charge in [0.25, 0.3) is 21.8 Å². The minimum Gasteiger partial charge on any atom is -0.478 e. The third-order valence-electron chi connectivity index (χ3n) is 14.6. The second-order valence-corrected chi connectivity index (χ2v) is 21.2. The molecule has 0 unspecified atom stereocenters. The summed E-state index contributed by atoms with van der Waals surface area (Å²) in [4.78, 5) is 41.7. The molecule has 4 aliphatic rings. The third kappa shape index (κ3) is 9.29. The third-order valence-corrected chi connectivity index (χ3v) is 15.9. The number of nitrogens with one attached hydrogen (secondary N) is 3. The van der Waals surface area contributed by atoms with E-state index < -0.39 is 37.0 Å². The average molecular weight is 921 g/mol. The molecule has 4 N–H and O–H groups in total. The Hall–Kier alpha value is -5.78. The Morgan fingerprint density at radius 2 is 1.77 bits per heavy atom. The molecule has 1 amide bonds. The predicted molar refractivity (Wildman–Crippen MR) is 252 cm³/mol. The number of aromatic amines is 1. The van der Waals surface area contributed by atoms with Gasteiger partial charge in [-0.15, -0.1) is 0 Å². The van der Waals surface area contributed by atoms with Crippen molar-refractivity contribution in [2.24, 2.45) is 11.3 Å². The number of methoxy groups -OCH3 is 1. The number of fused-ring (bicyclic) bond motifs is 1. The van der Waals surface area contributed by atoms with Crippen molar-refractivity contribution >= 4 is 44.2 Å². The van der Waals surface area contributed by atoms with Gasteiger partial charge >= 0.3 is 5.69 Å². The summed E-state index contributed by atoms with van der Waals surface area (Å²) in [6.07, 6.45) is 11.2. The van der Waals surface area contributed by atoms with Gasteiger partial charge in [-0.05, 0) is 117 Å². The lowest BCUT2D eigenvalue weighted by atomic mass is 9.70. The van der Waals surface area contributed by atoms with E-state index in [-0.39, 0.29) is 40.1 Å². The summed E-state index contributed by atoms with van der Waals surface area (Å²) in [7, 11) is -3.21. The molecule has 1 spiro atoms. The van der Waals surface area contributed by atoms with Crippen LogP contribution in [0.15, 0.2) is 78.0 Å². The Morgan fingerprint density at radius 1 is 1.02 bits per heavy atom. The van der Waals surface area contributed by atoms with Crippen molar-refractivity contribution in [2.45, 2.75) is 107 Å².